The Morgan fingerprint density at radius 3 is 1.01 bits per heavy atom. The average Bonchev–Trinajstić information content (AvgIpc) is 1.61. The zero-order chi connectivity index (χ0) is 88.9. The van der Waals surface area contributed by atoms with E-state index in [2.05, 4.69) is 27.7 Å². The molecule has 5 rings (SSSR count). The SMILES string of the molecule is CCCCCCCCCCCCCCCCCC[SiH](O)O[Si]1(CCc2ccc(S(=O)(=O)O)cc2)OC(C(C)O)C2O[Si](CCCCCCCCCCCCCCCCCC)(O[SiH](CCCCCCCCCCCCCCCCCC)O[Si]3(CCc4ccc(S(=O)(=O)O)cc4)OC(C(C)O[Si](O)(CCCCCCCCCCCCCCCCCC)O3)C2O)O1. The van der Waals surface area contributed by atoms with Gasteiger partial charge in [0.15, 0.2) is 0 Å². The Morgan fingerprint density at radius 1 is 0.382 bits per heavy atom. The first-order valence-corrected chi connectivity index (χ1v) is 65.8. The first kappa shape index (κ1) is 113. The number of aryl methyl sites for hydroxylation is 2. The third-order valence-corrected chi connectivity index (χ3v) is 48.3. The molecule has 3 saturated heterocycles. The standard InChI is InChI=1S/C96H184O19S2Si6/c1-7-11-15-19-23-27-31-35-39-43-47-51-55-59-63-67-81-118(105)111-122(85-79-89-71-75-91(76-72-89)116(99,100)101)108-94(87(5)97)96-93(98)95-88(6)107-120(106,83-69-65-61-57-53-49-45-41-37-33-29-25-21-17-13-9-3)114-123(109-95,86-80-90-73-77-92(78-74-90)117(102,103)104)113-119(82-68-64-60-56-52-48-44-40-36-32-28-24-20-16-12-8-2)112-121(110-96,115-122)84-70-66-62-58-54-50-46-42-38-34-30-26-22-18-14-10-4/h71-78,87-88,93-98,105-106,118-119H,7-70,79-86H2,1-6H3,(H,99,100,101)(H,102,103,104). The lowest BCUT2D eigenvalue weighted by Gasteiger charge is -2.44. The molecule has 2 aromatic carbocycles. The van der Waals surface area contributed by atoms with E-state index in [0.29, 0.717) is 48.9 Å². The topological polar surface area (TPSA) is 273 Å². The Balaban J connectivity index is 1.55. The Labute approximate surface area is 760 Å². The van der Waals surface area contributed by atoms with Crippen molar-refractivity contribution in [1.82, 2.24) is 0 Å². The van der Waals surface area contributed by atoms with Gasteiger partial charge in [0, 0.05) is 24.2 Å². The molecule has 4 bridgehead atoms. The highest BCUT2D eigenvalue weighted by molar-refractivity contribution is 7.86. The van der Waals surface area contributed by atoms with Crippen molar-refractivity contribution in [3.05, 3.63) is 59.7 Å². The van der Waals surface area contributed by atoms with Crippen LogP contribution < -0.4 is 0 Å². The maximum atomic E-state index is 13.8. The molecule has 19 nitrogen and oxygen atoms in total. The van der Waals surface area contributed by atoms with Crippen LogP contribution in [0.4, 0.5) is 0 Å². The Morgan fingerprint density at radius 2 is 0.675 bits per heavy atom. The van der Waals surface area contributed by atoms with Crippen LogP contribution in [0.15, 0.2) is 58.3 Å². The smallest absolute Gasteiger partial charge is 0.413 e. The molecule has 0 aliphatic carbocycles. The summed E-state index contributed by atoms with van der Waals surface area (Å²) in [7, 11) is -33.5. The third-order valence-electron chi connectivity index (χ3n) is 26.0. The Bertz CT molecular complexity index is 3030. The fourth-order valence-corrected chi connectivity index (χ4v) is 43.6. The molecular formula is C96H184O19S2Si6. The first-order chi connectivity index (χ1) is 59.5. The summed E-state index contributed by atoms with van der Waals surface area (Å²) >= 11 is 0. The fraction of sp³-hybridized carbons (Fsp3) is 0.875. The van der Waals surface area contributed by atoms with Crippen molar-refractivity contribution in [2.75, 3.05) is 0 Å². The van der Waals surface area contributed by atoms with Crippen molar-refractivity contribution in [3.8, 4) is 0 Å². The highest BCUT2D eigenvalue weighted by atomic mass is 32.2. The number of hydrogen-bond donors (Lipinski definition) is 6. The van der Waals surface area contributed by atoms with Crippen LogP contribution in [0.1, 0.15) is 464 Å². The van der Waals surface area contributed by atoms with Crippen LogP contribution in [0.25, 0.3) is 0 Å². The monoisotopic (exact) mass is 1870 g/mol. The van der Waals surface area contributed by atoms with Gasteiger partial charge in [0.2, 0.25) is 0 Å². The van der Waals surface area contributed by atoms with Crippen LogP contribution in [-0.2, 0) is 71.4 Å². The van der Waals surface area contributed by atoms with E-state index < -0.39 is 111 Å². The first-order valence-electron chi connectivity index (χ1n) is 51.6. The summed E-state index contributed by atoms with van der Waals surface area (Å²) in [4.78, 5) is 25.7. The summed E-state index contributed by atoms with van der Waals surface area (Å²) in [6.45, 7) is 12.4. The third kappa shape index (κ3) is 50.6. The van der Waals surface area contributed by atoms with Gasteiger partial charge in [-0.25, -0.2) is 0 Å². The summed E-state index contributed by atoms with van der Waals surface area (Å²) in [6, 6.07) is 13.4. The normalized spacial score (nSPS) is 23.3. The molecule has 123 heavy (non-hydrogen) atoms. The number of unbranched alkanes of at least 4 members (excludes halogenated alkanes) is 60. The average molecular weight is 1880 g/mol. The van der Waals surface area contributed by atoms with Gasteiger partial charge < -0.3 is 58.1 Å². The molecule has 27 heteroatoms. The van der Waals surface area contributed by atoms with Gasteiger partial charge in [-0.05, 0) is 87.0 Å². The Kier molecular flexibility index (Phi) is 62.3. The second kappa shape index (κ2) is 68.1. The zero-order valence-corrected chi connectivity index (χ0v) is 86.9. The summed E-state index contributed by atoms with van der Waals surface area (Å²) in [5.41, 5.74) is 1.36. The lowest BCUT2D eigenvalue weighted by Crippen LogP contribution is -2.65. The molecule has 12 unspecified atom stereocenters. The number of aliphatic hydroxyl groups is 2. The maximum absolute atomic E-state index is 13.8. The molecule has 3 aliphatic heterocycles. The number of hydrogen-bond acceptors (Lipinski definition) is 17. The lowest BCUT2D eigenvalue weighted by molar-refractivity contribution is -0.138. The molecule has 2 aromatic rings. The molecule has 6 N–H and O–H groups in total. The van der Waals surface area contributed by atoms with Crippen molar-refractivity contribution in [3.63, 3.8) is 0 Å². The quantitative estimate of drug-likeness (QED) is 0.0204. The number of fused-ring (bicyclic) bond motifs is 4. The van der Waals surface area contributed by atoms with Crippen molar-refractivity contribution >= 4 is 74.0 Å². The molecular weight excluding hydrogens is 1690 g/mol. The second-order valence-corrected chi connectivity index (χ2v) is 56.2. The molecule has 3 heterocycles. The summed E-state index contributed by atoms with van der Waals surface area (Å²) in [5, 5.41) is 26.4. The van der Waals surface area contributed by atoms with Crippen LogP contribution >= 0.6 is 0 Å². The van der Waals surface area contributed by atoms with E-state index in [4.69, 9.17) is 38.3 Å². The van der Waals surface area contributed by atoms with Crippen LogP contribution in [0, 0.1) is 0 Å². The molecule has 0 saturated carbocycles. The molecule has 3 fully saturated rings. The van der Waals surface area contributed by atoms with E-state index in [1.165, 1.54) is 313 Å². The number of rotatable bonds is 79. The van der Waals surface area contributed by atoms with Crippen molar-refractivity contribution in [2.45, 2.75) is 548 Å². The summed E-state index contributed by atoms with van der Waals surface area (Å²) in [5.74, 6) is 0. The largest absolute Gasteiger partial charge is 0.491 e. The maximum Gasteiger partial charge on any atom is 0.491 e. The minimum Gasteiger partial charge on any atom is -0.413 e. The van der Waals surface area contributed by atoms with E-state index in [1.807, 2.05) is 0 Å². The second-order valence-electron chi connectivity index (χ2n) is 37.5. The van der Waals surface area contributed by atoms with E-state index in [-0.39, 0.29) is 46.8 Å². The predicted octanol–water partition coefficient (Wildman–Crippen LogP) is 26.6. The van der Waals surface area contributed by atoms with Gasteiger partial charge in [0.05, 0.1) is 22.0 Å². The molecule has 0 radical (unpaired) electrons. The minimum absolute atomic E-state index is 0.0372. The molecule has 0 spiro atoms. The van der Waals surface area contributed by atoms with E-state index in [0.717, 1.165) is 96.3 Å². The van der Waals surface area contributed by atoms with Crippen molar-refractivity contribution < 1.29 is 84.0 Å². The minimum atomic E-state index is -4.53. The van der Waals surface area contributed by atoms with Crippen LogP contribution in [0.3, 0.4) is 0 Å². The predicted molar refractivity (Wildman–Crippen MR) is 517 cm³/mol. The summed E-state index contributed by atoms with van der Waals surface area (Å²) < 4.78 is 138. The highest BCUT2D eigenvalue weighted by Gasteiger charge is 2.66. The molecule has 0 amide bonds. The van der Waals surface area contributed by atoms with Crippen LogP contribution in [-0.4, -0.2) is 136 Å². The van der Waals surface area contributed by atoms with E-state index in [9.17, 15) is 45.7 Å². The van der Waals surface area contributed by atoms with Crippen molar-refractivity contribution in [1.29, 1.82) is 0 Å². The number of benzene rings is 2. The van der Waals surface area contributed by atoms with Gasteiger partial charge in [-0.1, -0.05) is 450 Å². The highest BCUT2D eigenvalue weighted by Crippen LogP contribution is 2.44. The molecule has 3 aliphatic rings. The molecule has 0 aromatic heterocycles. The van der Waals surface area contributed by atoms with Gasteiger partial charge in [0.1, 0.15) is 24.4 Å². The zero-order valence-electron chi connectivity index (χ0n) is 79.0. The van der Waals surface area contributed by atoms with E-state index >= 15 is 0 Å². The van der Waals surface area contributed by atoms with Gasteiger partial charge in [0.25, 0.3) is 20.2 Å². The molecule has 12 atom stereocenters. The van der Waals surface area contributed by atoms with Gasteiger partial charge >= 0.3 is 53.8 Å². The van der Waals surface area contributed by atoms with Crippen LogP contribution in [0.2, 0.25) is 36.3 Å². The van der Waals surface area contributed by atoms with Crippen LogP contribution in [0.5, 0.6) is 0 Å². The fourth-order valence-electron chi connectivity index (χ4n) is 18.3. The van der Waals surface area contributed by atoms with Gasteiger partial charge in [-0.3, -0.25) is 9.11 Å². The Hall–Kier alpha value is -0.959. The van der Waals surface area contributed by atoms with Gasteiger partial charge in [-0.2, -0.15) is 16.8 Å². The van der Waals surface area contributed by atoms with E-state index in [1.54, 1.807) is 38.1 Å². The molecule has 718 valence electrons. The number of aliphatic hydroxyl groups excluding tert-OH is 2. The lowest BCUT2D eigenvalue weighted by atomic mass is 9.97. The summed E-state index contributed by atoms with van der Waals surface area (Å²) in [6.07, 6.45) is 68.3. The van der Waals surface area contributed by atoms with Gasteiger partial charge in [-0.15, -0.1) is 0 Å². The van der Waals surface area contributed by atoms with Crippen molar-refractivity contribution in [2.24, 2.45) is 0 Å².